The molecule has 1 aliphatic rings. The maximum atomic E-state index is 12.4. The molecule has 0 aliphatic heterocycles. The second-order valence-electron chi connectivity index (χ2n) is 2.22. The molecule has 60 valence electrons. The topological polar surface area (TPSA) is 0 Å². The fourth-order valence-electron chi connectivity index (χ4n) is 0.934. The van der Waals surface area contributed by atoms with Crippen molar-refractivity contribution in [2.24, 2.45) is 0 Å². The van der Waals surface area contributed by atoms with Gasteiger partial charge in [0.15, 0.2) is 0 Å². The van der Waals surface area contributed by atoms with Crippen molar-refractivity contribution in [2.45, 2.75) is 45.7 Å². The molecule has 0 unspecified atom stereocenters. The third kappa shape index (κ3) is 4.54. The van der Waals surface area contributed by atoms with Crippen LogP contribution < -0.4 is 0 Å². The van der Waals surface area contributed by atoms with Crippen LogP contribution in [0.5, 0.6) is 0 Å². The first-order valence-electron chi connectivity index (χ1n) is 4.18. The normalized spacial score (nSPS) is 19.1. The molecule has 0 aromatic rings. The SMILES string of the molecule is CC.FC1CCC=CCC1. The molecule has 0 heterocycles. The Kier molecular flexibility index (Phi) is 6.56. The van der Waals surface area contributed by atoms with E-state index < -0.39 is 6.17 Å². The molecule has 0 bridgehead atoms. The minimum Gasteiger partial charge on any atom is -0.247 e. The van der Waals surface area contributed by atoms with Crippen LogP contribution in [0.25, 0.3) is 0 Å². The number of alkyl halides is 1. The van der Waals surface area contributed by atoms with Crippen molar-refractivity contribution < 1.29 is 4.39 Å². The lowest BCUT2D eigenvalue weighted by atomic mass is 10.2. The first-order valence-corrected chi connectivity index (χ1v) is 4.18. The highest BCUT2D eigenvalue weighted by Crippen LogP contribution is 2.13. The third-order valence-electron chi connectivity index (χ3n) is 1.46. The summed E-state index contributed by atoms with van der Waals surface area (Å²) in [4.78, 5) is 0. The number of hydrogen-bond donors (Lipinski definition) is 0. The molecule has 0 N–H and O–H groups in total. The highest BCUT2D eigenvalue weighted by molar-refractivity contribution is 4.86. The van der Waals surface area contributed by atoms with Crippen LogP contribution in [0.1, 0.15) is 39.5 Å². The Morgan fingerprint density at radius 3 is 1.90 bits per heavy atom. The lowest BCUT2D eigenvalue weighted by Gasteiger charge is -1.98. The Morgan fingerprint density at radius 2 is 1.50 bits per heavy atom. The van der Waals surface area contributed by atoms with Crippen molar-refractivity contribution in [1.82, 2.24) is 0 Å². The first-order chi connectivity index (χ1) is 4.89. The second-order valence-corrected chi connectivity index (χ2v) is 2.22. The van der Waals surface area contributed by atoms with Gasteiger partial charge in [-0.1, -0.05) is 26.0 Å². The van der Waals surface area contributed by atoms with Crippen LogP contribution in [0.2, 0.25) is 0 Å². The zero-order valence-corrected chi connectivity index (χ0v) is 6.94. The molecule has 10 heavy (non-hydrogen) atoms. The molecule has 0 nitrogen and oxygen atoms in total. The smallest absolute Gasteiger partial charge is 0.101 e. The van der Waals surface area contributed by atoms with Crippen LogP contribution in [0.3, 0.4) is 0 Å². The van der Waals surface area contributed by atoms with Gasteiger partial charge < -0.3 is 0 Å². The Hall–Kier alpha value is -0.330. The lowest BCUT2D eigenvalue weighted by molar-refractivity contribution is 0.304. The summed E-state index contributed by atoms with van der Waals surface area (Å²) in [6.45, 7) is 4.00. The van der Waals surface area contributed by atoms with Crippen molar-refractivity contribution in [2.75, 3.05) is 0 Å². The summed E-state index contributed by atoms with van der Waals surface area (Å²) in [6.07, 6.45) is 6.93. The summed E-state index contributed by atoms with van der Waals surface area (Å²) in [5.74, 6) is 0. The summed E-state index contributed by atoms with van der Waals surface area (Å²) in [7, 11) is 0. The molecule has 0 fully saturated rings. The van der Waals surface area contributed by atoms with Gasteiger partial charge in [-0.2, -0.15) is 0 Å². The highest BCUT2D eigenvalue weighted by Gasteiger charge is 2.05. The zero-order chi connectivity index (χ0) is 7.82. The Morgan fingerprint density at radius 1 is 1.10 bits per heavy atom. The molecule has 1 rings (SSSR count). The largest absolute Gasteiger partial charge is 0.247 e. The molecule has 0 saturated heterocycles. The predicted molar refractivity (Wildman–Crippen MR) is 43.9 cm³/mol. The summed E-state index contributed by atoms with van der Waals surface area (Å²) < 4.78 is 12.4. The average Bonchev–Trinajstić information content (AvgIpc) is 2.21. The van der Waals surface area contributed by atoms with Gasteiger partial charge in [-0.05, 0) is 25.7 Å². The quantitative estimate of drug-likeness (QED) is 0.456. The van der Waals surface area contributed by atoms with Gasteiger partial charge >= 0.3 is 0 Å². The fourth-order valence-corrected chi connectivity index (χ4v) is 0.934. The molecule has 0 aromatic carbocycles. The Labute approximate surface area is 63.1 Å². The number of halogens is 1. The molecular formula is C9H17F. The van der Waals surface area contributed by atoms with Gasteiger partial charge in [0.05, 0.1) is 0 Å². The van der Waals surface area contributed by atoms with Gasteiger partial charge in [0.25, 0.3) is 0 Å². The van der Waals surface area contributed by atoms with Crippen LogP contribution in [0.4, 0.5) is 4.39 Å². The third-order valence-corrected chi connectivity index (χ3v) is 1.46. The molecule has 1 heteroatoms. The molecule has 0 amide bonds. The maximum Gasteiger partial charge on any atom is 0.101 e. The molecule has 0 spiro atoms. The molecular weight excluding hydrogens is 127 g/mol. The summed E-state index contributed by atoms with van der Waals surface area (Å²) in [6, 6.07) is 0. The van der Waals surface area contributed by atoms with Crippen LogP contribution in [0, 0.1) is 0 Å². The van der Waals surface area contributed by atoms with E-state index in [1.165, 1.54) is 0 Å². The van der Waals surface area contributed by atoms with E-state index >= 15 is 0 Å². The Balaban J connectivity index is 0.000000371. The summed E-state index contributed by atoms with van der Waals surface area (Å²) in [5.41, 5.74) is 0. The Bertz CT molecular complexity index is 76.7. The van der Waals surface area contributed by atoms with Gasteiger partial charge in [0.2, 0.25) is 0 Å². The van der Waals surface area contributed by atoms with E-state index in [0.717, 1.165) is 25.7 Å². The average molecular weight is 144 g/mol. The van der Waals surface area contributed by atoms with Crippen LogP contribution >= 0.6 is 0 Å². The van der Waals surface area contributed by atoms with Crippen molar-refractivity contribution in [3.05, 3.63) is 12.2 Å². The van der Waals surface area contributed by atoms with Crippen molar-refractivity contribution in [3.8, 4) is 0 Å². The van der Waals surface area contributed by atoms with E-state index in [1.54, 1.807) is 0 Å². The fraction of sp³-hybridized carbons (Fsp3) is 0.778. The predicted octanol–water partition coefficient (Wildman–Crippen LogP) is 3.48. The zero-order valence-electron chi connectivity index (χ0n) is 6.94. The molecule has 1 aliphatic carbocycles. The highest BCUT2D eigenvalue weighted by atomic mass is 19.1. The monoisotopic (exact) mass is 144 g/mol. The number of hydrogen-bond acceptors (Lipinski definition) is 0. The second kappa shape index (κ2) is 6.79. The molecule has 0 saturated carbocycles. The van der Waals surface area contributed by atoms with E-state index in [1.807, 2.05) is 13.8 Å². The summed E-state index contributed by atoms with van der Waals surface area (Å²) in [5, 5.41) is 0. The van der Waals surface area contributed by atoms with E-state index in [9.17, 15) is 4.39 Å². The minimum atomic E-state index is -0.537. The molecule has 0 radical (unpaired) electrons. The van der Waals surface area contributed by atoms with Gasteiger partial charge in [0.1, 0.15) is 6.17 Å². The van der Waals surface area contributed by atoms with E-state index in [0.29, 0.717) is 0 Å². The van der Waals surface area contributed by atoms with E-state index in [-0.39, 0.29) is 0 Å². The van der Waals surface area contributed by atoms with Crippen LogP contribution in [0.15, 0.2) is 12.2 Å². The van der Waals surface area contributed by atoms with Crippen molar-refractivity contribution >= 4 is 0 Å². The van der Waals surface area contributed by atoms with Crippen molar-refractivity contribution in [1.29, 1.82) is 0 Å². The van der Waals surface area contributed by atoms with E-state index in [4.69, 9.17) is 0 Å². The number of allylic oxidation sites excluding steroid dienone is 2. The first kappa shape index (κ1) is 9.67. The summed E-state index contributed by atoms with van der Waals surface area (Å²) >= 11 is 0. The van der Waals surface area contributed by atoms with E-state index in [2.05, 4.69) is 12.2 Å². The number of rotatable bonds is 0. The van der Waals surface area contributed by atoms with Gasteiger partial charge in [0, 0.05) is 0 Å². The van der Waals surface area contributed by atoms with Gasteiger partial charge in [-0.25, -0.2) is 4.39 Å². The van der Waals surface area contributed by atoms with Crippen LogP contribution in [-0.4, -0.2) is 6.17 Å². The molecule has 0 aromatic heterocycles. The van der Waals surface area contributed by atoms with Gasteiger partial charge in [-0.15, -0.1) is 0 Å². The van der Waals surface area contributed by atoms with Crippen LogP contribution in [-0.2, 0) is 0 Å². The molecule has 0 atom stereocenters. The van der Waals surface area contributed by atoms with Gasteiger partial charge in [-0.3, -0.25) is 0 Å². The lowest BCUT2D eigenvalue weighted by Crippen LogP contribution is -1.95. The van der Waals surface area contributed by atoms with Crippen molar-refractivity contribution in [3.63, 3.8) is 0 Å². The maximum absolute atomic E-state index is 12.4. The minimum absolute atomic E-state index is 0.537. The standard InChI is InChI=1S/C7H11F.C2H6/c8-7-5-3-1-2-4-6-7;1-2/h1-2,7H,3-6H2;1-2H3.